The molecule has 0 unspecified atom stereocenters. The molecule has 0 aliphatic heterocycles. The molecule has 122 valence electrons. The van der Waals surface area contributed by atoms with E-state index in [0.29, 0.717) is 6.54 Å². The molecule has 0 radical (unpaired) electrons. The summed E-state index contributed by atoms with van der Waals surface area (Å²) in [6, 6.07) is 15.5. The first-order valence-electron chi connectivity index (χ1n) is 7.44. The van der Waals surface area contributed by atoms with Crippen LogP contribution >= 0.6 is 11.3 Å². The summed E-state index contributed by atoms with van der Waals surface area (Å²) in [7, 11) is 0. The highest BCUT2D eigenvalue weighted by atomic mass is 32.1. The topological polar surface area (TPSA) is 54.0 Å². The molecule has 0 fully saturated rings. The van der Waals surface area contributed by atoms with Crippen LogP contribution in [0, 0.1) is 12.7 Å². The highest BCUT2D eigenvalue weighted by Gasteiger charge is 2.11. The lowest BCUT2D eigenvalue weighted by atomic mass is 10.2. The van der Waals surface area contributed by atoms with Gasteiger partial charge in [0.05, 0.1) is 17.9 Å². The average molecular weight is 341 g/mol. The molecule has 3 aromatic rings. The Kier molecular flexibility index (Phi) is 4.86. The van der Waals surface area contributed by atoms with Crippen molar-refractivity contribution in [2.45, 2.75) is 13.5 Å². The van der Waals surface area contributed by atoms with Gasteiger partial charge in [0.2, 0.25) is 0 Å². The Morgan fingerprint density at radius 2 is 1.83 bits per heavy atom. The van der Waals surface area contributed by atoms with Crippen LogP contribution < -0.4 is 10.6 Å². The van der Waals surface area contributed by atoms with E-state index in [-0.39, 0.29) is 5.69 Å². The Balaban J connectivity index is 1.64. The van der Waals surface area contributed by atoms with Gasteiger partial charge in [0.1, 0.15) is 10.8 Å². The molecule has 2 aromatic carbocycles. The molecule has 2 N–H and O–H groups in total. The number of thiazole rings is 1. The summed E-state index contributed by atoms with van der Waals surface area (Å²) < 4.78 is 13.5. The molecule has 1 aromatic heterocycles. The molecule has 0 saturated heterocycles. The summed E-state index contributed by atoms with van der Waals surface area (Å²) in [6.45, 7) is 2.26. The van der Waals surface area contributed by atoms with E-state index < -0.39 is 11.8 Å². The quantitative estimate of drug-likeness (QED) is 0.730. The normalized spacial score (nSPS) is 10.4. The Morgan fingerprint density at radius 1 is 1.12 bits per heavy atom. The number of hydrogen-bond acceptors (Lipinski definition) is 3. The van der Waals surface area contributed by atoms with Crippen molar-refractivity contribution in [3.63, 3.8) is 0 Å². The van der Waals surface area contributed by atoms with Gasteiger partial charge in [-0.2, -0.15) is 0 Å². The van der Waals surface area contributed by atoms with Crippen molar-refractivity contribution in [2.24, 2.45) is 0 Å². The van der Waals surface area contributed by atoms with E-state index in [0.717, 1.165) is 21.1 Å². The Hall–Kier alpha value is -2.73. The Bertz CT molecular complexity index is 848. The summed E-state index contributed by atoms with van der Waals surface area (Å²) in [6.07, 6.45) is 0. The van der Waals surface area contributed by atoms with E-state index >= 15 is 0 Å². The van der Waals surface area contributed by atoms with Crippen LogP contribution in [0.1, 0.15) is 10.6 Å². The Morgan fingerprint density at radius 3 is 2.58 bits per heavy atom. The molecule has 2 amide bonds. The first-order chi connectivity index (χ1) is 11.6. The standard InChI is InChI=1S/C18H16FN3OS/c1-12-16(24-17(21-12)13-7-3-2-4-8-13)11-20-18(23)22-15-10-6-5-9-14(15)19/h2-10H,11H2,1H3,(H2,20,22,23). The van der Waals surface area contributed by atoms with Gasteiger partial charge in [-0.15, -0.1) is 11.3 Å². The van der Waals surface area contributed by atoms with E-state index in [1.807, 2.05) is 37.3 Å². The first-order valence-corrected chi connectivity index (χ1v) is 8.26. The van der Waals surface area contributed by atoms with E-state index in [9.17, 15) is 9.18 Å². The van der Waals surface area contributed by atoms with E-state index in [4.69, 9.17) is 0 Å². The second-order valence-corrected chi connectivity index (χ2v) is 6.26. The molecule has 0 aliphatic carbocycles. The van der Waals surface area contributed by atoms with Crippen molar-refractivity contribution in [1.82, 2.24) is 10.3 Å². The lowest BCUT2D eigenvalue weighted by molar-refractivity contribution is 0.251. The largest absolute Gasteiger partial charge is 0.333 e. The fraction of sp³-hybridized carbons (Fsp3) is 0.111. The number of urea groups is 1. The van der Waals surface area contributed by atoms with Gasteiger partial charge in [-0.1, -0.05) is 42.5 Å². The number of nitrogens with one attached hydrogen (secondary N) is 2. The van der Waals surface area contributed by atoms with Crippen molar-refractivity contribution in [3.8, 4) is 10.6 Å². The number of para-hydroxylation sites is 1. The number of benzene rings is 2. The molecule has 0 aliphatic rings. The van der Waals surface area contributed by atoms with Crippen molar-refractivity contribution in [2.75, 3.05) is 5.32 Å². The van der Waals surface area contributed by atoms with Crippen molar-refractivity contribution in [1.29, 1.82) is 0 Å². The summed E-state index contributed by atoms with van der Waals surface area (Å²) in [4.78, 5) is 17.4. The number of nitrogens with zero attached hydrogens (tertiary/aromatic N) is 1. The zero-order valence-electron chi connectivity index (χ0n) is 13.0. The highest BCUT2D eigenvalue weighted by Crippen LogP contribution is 2.27. The van der Waals surface area contributed by atoms with Gasteiger partial charge in [-0.05, 0) is 19.1 Å². The zero-order chi connectivity index (χ0) is 16.9. The van der Waals surface area contributed by atoms with Gasteiger partial charge in [0.25, 0.3) is 0 Å². The minimum atomic E-state index is -0.465. The summed E-state index contributed by atoms with van der Waals surface area (Å²) >= 11 is 1.54. The third kappa shape index (κ3) is 3.78. The van der Waals surface area contributed by atoms with Crippen LogP contribution in [-0.4, -0.2) is 11.0 Å². The molecular formula is C18H16FN3OS. The van der Waals surface area contributed by atoms with Crippen molar-refractivity contribution >= 4 is 23.1 Å². The molecule has 0 bridgehead atoms. The number of aryl methyl sites for hydroxylation is 1. The maximum absolute atomic E-state index is 13.5. The molecule has 3 rings (SSSR count). The molecule has 24 heavy (non-hydrogen) atoms. The summed E-state index contributed by atoms with van der Waals surface area (Å²) in [5.74, 6) is -0.465. The second-order valence-electron chi connectivity index (χ2n) is 5.18. The lowest BCUT2D eigenvalue weighted by Crippen LogP contribution is -2.28. The highest BCUT2D eigenvalue weighted by molar-refractivity contribution is 7.15. The number of halogens is 1. The fourth-order valence-electron chi connectivity index (χ4n) is 2.19. The van der Waals surface area contributed by atoms with Crippen molar-refractivity contribution < 1.29 is 9.18 Å². The van der Waals surface area contributed by atoms with Crippen LogP contribution in [0.5, 0.6) is 0 Å². The second kappa shape index (κ2) is 7.23. The molecule has 6 heteroatoms. The molecule has 4 nitrogen and oxygen atoms in total. The number of hydrogen-bond donors (Lipinski definition) is 2. The van der Waals surface area contributed by atoms with Crippen LogP contribution in [-0.2, 0) is 6.54 Å². The van der Waals surface area contributed by atoms with Gasteiger partial charge < -0.3 is 10.6 Å². The number of carbonyl (C=O) groups excluding carboxylic acids is 1. The molecule has 1 heterocycles. The third-order valence-electron chi connectivity index (χ3n) is 3.44. The predicted octanol–water partition coefficient (Wildman–Crippen LogP) is 4.58. The average Bonchev–Trinajstić information content (AvgIpc) is 2.97. The number of carbonyl (C=O) groups is 1. The van der Waals surface area contributed by atoms with Gasteiger partial charge in [-0.3, -0.25) is 0 Å². The minimum absolute atomic E-state index is 0.154. The Labute approximate surface area is 143 Å². The molecule has 0 spiro atoms. The maximum Gasteiger partial charge on any atom is 0.319 e. The van der Waals surface area contributed by atoms with E-state index in [1.165, 1.54) is 23.5 Å². The predicted molar refractivity (Wildman–Crippen MR) is 94.5 cm³/mol. The van der Waals surface area contributed by atoms with Crippen LogP contribution in [0.15, 0.2) is 54.6 Å². The van der Waals surface area contributed by atoms with Crippen LogP contribution in [0.2, 0.25) is 0 Å². The molecular weight excluding hydrogens is 325 g/mol. The minimum Gasteiger partial charge on any atom is -0.333 e. The van der Waals surface area contributed by atoms with Crippen LogP contribution in [0.3, 0.4) is 0 Å². The molecule has 0 atom stereocenters. The first kappa shape index (κ1) is 16.1. The monoisotopic (exact) mass is 341 g/mol. The number of anilines is 1. The fourth-order valence-corrected chi connectivity index (χ4v) is 3.19. The zero-order valence-corrected chi connectivity index (χ0v) is 13.9. The third-order valence-corrected chi connectivity index (χ3v) is 4.65. The van der Waals surface area contributed by atoms with Gasteiger partial charge >= 0.3 is 6.03 Å². The number of amides is 2. The van der Waals surface area contributed by atoms with E-state index in [2.05, 4.69) is 15.6 Å². The van der Waals surface area contributed by atoms with Crippen LogP contribution in [0.4, 0.5) is 14.9 Å². The number of aromatic nitrogens is 1. The lowest BCUT2D eigenvalue weighted by Gasteiger charge is -2.07. The summed E-state index contributed by atoms with van der Waals surface area (Å²) in [5.41, 5.74) is 2.08. The SMILES string of the molecule is Cc1nc(-c2ccccc2)sc1CNC(=O)Nc1ccccc1F. The van der Waals surface area contributed by atoms with Crippen molar-refractivity contribution in [3.05, 3.63) is 71.0 Å². The van der Waals surface area contributed by atoms with Crippen LogP contribution in [0.25, 0.3) is 10.6 Å². The maximum atomic E-state index is 13.5. The summed E-state index contributed by atoms with van der Waals surface area (Å²) in [5, 5.41) is 6.15. The van der Waals surface area contributed by atoms with E-state index in [1.54, 1.807) is 12.1 Å². The van der Waals surface area contributed by atoms with Gasteiger partial charge in [0.15, 0.2) is 0 Å². The smallest absolute Gasteiger partial charge is 0.319 e. The number of rotatable bonds is 4. The van der Waals surface area contributed by atoms with Gasteiger partial charge in [0, 0.05) is 10.4 Å². The van der Waals surface area contributed by atoms with Gasteiger partial charge in [-0.25, -0.2) is 14.2 Å². The molecule has 0 saturated carbocycles.